The summed E-state index contributed by atoms with van der Waals surface area (Å²) in [7, 11) is 3.54. The molecule has 0 saturated carbocycles. The number of piperidine rings is 1. The van der Waals surface area contributed by atoms with Gasteiger partial charge < -0.3 is 19.7 Å². The van der Waals surface area contributed by atoms with Gasteiger partial charge in [0.2, 0.25) is 0 Å². The van der Waals surface area contributed by atoms with Crippen LogP contribution in [0, 0.1) is 0 Å². The van der Waals surface area contributed by atoms with Crippen LogP contribution in [0.25, 0.3) is 0 Å². The second kappa shape index (κ2) is 7.14. The lowest BCUT2D eigenvalue weighted by atomic mass is 10.1. The van der Waals surface area contributed by atoms with E-state index in [1.807, 2.05) is 30.1 Å². The fraction of sp³-hybridized carbons (Fsp3) is 0.533. The van der Waals surface area contributed by atoms with E-state index in [-0.39, 0.29) is 12.5 Å². The van der Waals surface area contributed by atoms with Gasteiger partial charge in [0.25, 0.3) is 5.91 Å². The molecule has 110 valence electrons. The fourth-order valence-electron chi connectivity index (χ4n) is 2.37. The van der Waals surface area contributed by atoms with Crippen molar-refractivity contribution in [2.45, 2.75) is 18.9 Å². The third kappa shape index (κ3) is 3.87. The van der Waals surface area contributed by atoms with Crippen LogP contribution >= 0.6 is 0 Å². The normalized spacial score (nSPS) is 18.7. The average molecular weight is 278 g/mol. The van der Waals surface area contributed by atoms with Gasteiger partial charge in [0, 0.05) is 25.2 Å². The van der Waals surface area contributed by atoms with Gasteiger partial charge in [-0.15, -0.1) is 0 Å². The van der Waals surface area contributed by atoms with Crippen molar-refractivity contribution in [1.82, 2.24) is 10.2 Å². The van der Waals surface area contributed by atoms with E-state index in [9.17, 15) is 4.79 Å². The second-order valence-corrected chi connectivity index (χ2v) is 4.94. The molecule has 0 unspecified atom stereocenters. The number of nitrogens with one attached hydrogen (secondary N) is 1. The van der Waals surface area contributed by atoms with Gasteiger partial charge in [-0.1, -0.05) is 6.07 Å². The number of benzene rings is 1. The molecule has 1 amide bonds. The highest BCUT2D eigenvalue weighted by molar-refractivity contribution is 5.78. The number of ether oxygens (including phenoxy) is 2. The van der Waals surface area contributed by atoms with Crippen molar-refractivity contribution in [2.75, 3.05) is 33.9 Å². The summed E-state index contributed by atoms with van der Waals surface area (Å²) in [4.78, 5) is 14.0. The molecule has 1 aromatic rings. The summed E-state index contributed by atoms with van der Waals surface area (Å²) in [5.74, 6) is 1.41. The molecule has 0 spiro atoms. The van der Waals surface area contributed by atoms with Gasteiger partial charge in [0.1, 0.15) is 11.5 Å². The Hall–Kier alpha value is -1.75. The maximum absolute atomic E-state index is 12.1. The first-order valence-electron chi connectivity index (χ1n) is 6.95. The smallest absolute Gasteiger partial charge is 0.260 e. The van der Waals surface area contributed by atoms with Gasteiger partial charge in [-0.25, -0.2) is 0 Å². The van der Waals surface area contributed by atoms with Crippen molar-refractivity contribution in [3.63, 3.8) is 0 Å². The molecule has 1 atom stereocenters. The molecule has 1 heterocycles. The van der Waals surface area contributed by atoms with Crippen LogP contribution in [0.4, 0.5) is 0 Å². The average Bonchev–Trinajstić information content (AvgIpc) is 2.52. The number of hydrogen-bond acceptors (Lipinski definition) is 4. The zero-order chi connectivity index (χ0) is 14.4. The molecule has 1 aliphatic heterocycles. The van der Waals surface area contributed by atoms with E-state index < -0.39 is 0 Å². The number of amides is 1. The minimum Gasteiger partial charge on any atom is -0.497 e. The van der Waals surface area contributed by atoms with Crippen molar-refractivity contribution >= 4 is 5.91 Å². The molecule has 1 aliphatic rings. The molecular weight excluding hydrogens is 256 g/mol. The van der Waals surface area contributed by atoms with Crippen molar-refractivity contribution in [1.29, 1.82) is 0 Å². The summed E-state index contributed by atoms with van der Waals surface area (Å²) >= 11 is 0. The van der Waals surface area contributed by atoms with Gasteiger partial charge in [-0.2, -0.15) is 0 Å². The number of nitrogens with zero attached hydrogens (tertiary/aromatic N) is 1. The molecule has 1 aromatic carbocycles. The molecule has 0 radical (unpaired) electrons. The number of likely N-dealkylation sites (N-methyl/N-ethyl adjacent to an activating group) is 1. The Balaban J connectivity index is 1.85. The quantitative estimate of drug-likeness (QED) is 0.881. The van der Waals surface area contributed by atoms with Gasteiger partial charge in [-0.05, 0) is 32.0 Å². The Labute approximate surface area is 119 Å². The fourth-order valence-corrected chi connectivity index (χ4v) is 2.37. The number of methoxy groups -OCH3 is 1. The van der Waals surface area contributed by atoms with Gasteiger partial charge in [0.15, 0.2) is 6.61 Å². The third-order valence-electron chi connectivity index (χ3n) is 3.59. The maximum Gasteiger partial charge on any atom is 0.260 e. The van der Waals surface area contributed by atoms with Crippen LogP contribution in [-0.2, 0) is 4.79 Å². The Kier molecular flexibility index (Phi) is 5.24. The molecule has 2 rings (SSSR count). The van der Waals surface area contributed by atoms with Crippen molar-refractivity contribution in [3.8, 4) is 11.5 Å². The molecule has 20 heavy (non-hydrogen) atoms. The van der Waals surface area contributed by atoms with Crippen molar-refractivity contribution < 1.29 is 14.3 Å². The predicted molar refractivity (Wildman–Crippen MR) is 77.2 cm³/mol. The standard InChI is InChI=1S/C15H22N2O3/c1-16-12-5-4-8-17(10-12)15(18)11-20-14-7-3-6-13(9-14)19-2/h3,6-7,9,12,16H,4-5,8,10-11H2,1-2H3/t12-/m1/s1. The lowest BCUT2D eigenvalue weighted by Gasteiger charge is -2.32. The zero-order valence-electron chi connectivity index (χ0n) is 12.1. The summed E-state index contributed by atoms with van der Waals surface area (Å²) in [5.41, 5.74) is 0. The zero-order valence-corrected chi connectivity index (χ0v) is 12.1. The van der Waals surface area contributed by atoms with Crippen molar-refractivity contribution in [2.24, 2.45) is 0 Å². The number of rotatable bonds is 5. The first kappa shape index (κ1) is 14.7. The van der Waals surface area contributed by atoms with Crippen LogP contribution in [0.5, 0.6) is 11.5 Å². The van der Waals surface area contributed by atoms with E-state index >= 15 is 0 Å². The summed E-state index contributed by atoms with van der Waals surface area (Å²) < 4.78 is 10.7. The van der Waals surface area contributed by atoms with Crippen molar-refractivity contribution in [3.05, 3.63) is 24.3 Å². The Morgan fingerprint density at radius 1 is 1.45 bits per heavy atom. The first-order chi connectivity index (χ1) is 9.72. The van der Waals surface area contributed by atoms with Gasteiger partial charge >= 0.3 is 0 Å². The van der Waals surface area contributed by atoms with E-state index in [1.165, 1.54) is 0 Å². The topological polar surface area (TPSA) is 50.8 Å². The minimum atomic E-state index is 0.0350. The number of hydrogen-bond donors (Lipinski definition) is 1. The Morgan fingerprint density at radius 3 is 3.00 bits per heavy atom. The van der Waals surface area contributed by atoms with E-state index in [0.29, 0.717) is 11.8 Å². The van der Waals surface area contributed by atoms with Crippen LogP contribution in [0.3, 0.4) is 0 Å². The van der Waals surface area contributed by atoms with E-state index in [4.69, 9.17) is 9.47 Å². The summed E-state index contributed by atoms with van der Waals surface area (Å²) in [5, 5.41) is 3.23. The number of carbonyl (C=O) groups excluding carboxylic acids is 1. The van der Waals surface area contributed by atoms with E-state index in [0.717, 1.165) is 31.7 Å². The summed E-state index contributed by atoms with van der Waals surface area (Å²) in [6.45, 7) is 1.65. The molecule has 0 aromatic heterocycles. The molecule has 0 aliphatic carbocycles. The lowest BCUT2D eigenvalue weighted by Crippen LogP contribution is -2.48. The Morgan fingerprint density at radius 2 is 2.25 bits per heavy atom. The predicted octanol–water partition coefficient (Wildman–Crippen LogP) is 1.28. The minimum absolute atomic E-state index is 0.0350. The monoisotopic (exact) mass is 278 g/mol. The molecule has 0 bridgehead atoms. The maximum atomic E-state index is 12.1. The van der Waals surface area contributed by atoms with Crippen LogP contribution in [0.15, 0.2) is 24.3 Å². The molecule has 1 saturated heterocycles. The highest BCUT2D eigenvalue weighted by atomic mass is 16.5. The van der Waals surface area contributed by atoms with Gasteiger partial charge in [-0.3, -0.25) is 4.79 Å². The van der Waals surface area contributed by atoms with Gasteiger partial charge in [0.05, 0.1) is 7.11 Å². The highest BCUT2D eigenvalue weighted by Gasteiger charge is 2.22. The second-order valence-electron chi connectivity index (χ2n) is 4.94. The number of likely N-dealkylation sites (tertiary alicyclic amines) is 1. The molecular formula is C15H22N2O3. The molecule has 1 N–H and O–H groups in total. The van der Waals surface area contributed by atoms with E-state index in [2.05, 4.69) is 5.32 Å². The van der Waals surface area contributed by atoms with Crippen LogP contribution in [0.1, 0.15) is 12.8 Å². The first-order valence-corrected chi connectivity index (χ1v) is 6.95. The Bertz CT molecular complexity index is 450. The highest BCUT2D eigenvalue weighted by Crippen LogP contribution is 2.19. The van der Waals surface area contributed by atoms with Crippen LogP contribution in [0.2, 0.25) is 0 Å². The van der Waals surface area contributed by atoms with Crippen LogP contribution in [-0.4, -0.2) is 50.7 Å². The molecule has 5 nitrogen and oxygen atoms in total. The van der Waals surface area contributed by atoms with Crippen LogP contribution < -0.4 is 14.8 Å². The molecule has 5 heteroatoms. The summed E-state index contributed by atoms with van der Waals surface area (Å²) in [6.07, 6.45) is 2.16. The SMILES string of the molecule is CN[C@@H]1CCCN(C(=O)COc2cccc(OC)c2)C1. The third-order valence-corrected chi connectivity index (χ3v) is 3.59. The summed E-state index contributed by atoms with van der Waals surface area (Å²) in [6, 6.07) is 7.68. The lowest BCUT2D eigenvalue weighted by molar-refractivity contribution is -0.134. The largest absolute Gasteiger partial charge is 0.497 e. The van der Waals surface area contributed by atoms with E-state index in [1.54, 1.807) is 13.2 Å². The number of carbonyl (C=O) groups is 1. The molecule has 1 fully saturated rings.